The molecule has 1 aliphatic heterocycles. The molecule has 0 aliphatic carbocycles. The van der Waals surface area contributed by atoms with Gasteiger partial charge in [-0.25, -0.2) is 5.43 Å². The number of para-hydroxylation sites is 1. The Morgan fingerprint density at radius 1 is 1.43 bits per heavy atom. The van der Waals surface area contributed by atoms with Gasteiger partial charge in [-0.05, 0) is 19.1 Å². The van der Waals surface area contributed by atoms with Crippen molar-refractivity contribution in [2.75, 3.05) is 0 Å². The minimum atomic E-state index is -0.308. The number of hydrogen-bond acceptors (Lipinski definition) is 3. The Kier molecular flexibility index (Phi) is 4.75. The Hall–Kier alpha value is -2.14. The first-order chi connectivity index (χ1) is 9.99. The Morgan fingerprint density at radius 2 is 2.14 bits per heavy atom. The van der Waals surface area contributed by atoms with Crippen molar-refractivity contribution in [2.24, 2.45) is 11.0 Å². The van der Waals surface area contributed by atoms with Crippen LogP contribution in [0.3, 0.4) is 0 Å². The lowest BCUT2D eigenvalue weighted by atomic mass is 10.0. The second-order valence-corrected chi connectivity index (χ2v) is 5.53. The van der Waals surface area contributed by atoms with Gasteiger partial charge in [0.1, 0.15) is 11.9 Å². The predicted octanol–water partition coefficient (Wildman–Crippen LogP) is 1.22. The van der Waals surface area contributed by atoms with E-state index in [2.05, 4.69) is 16.3 Å². The quantitative estimate of drug-likeness (QED) is 0.645. The second-order valence-electron chi connectivity index (χ2n) is 5.53. The Labute approximate surface area is 124 Å². The van der Waals surface area contributed by atoms with E-state index in [1.54, 1.807) is 6.21 Å². The normalized spacial score (nSPS) is 18.9. The van der Waals surface area contributed by atoms with Crippen LogP contribution in [0.1, 0.15) is 26.3 Å². The maximum atomic E-state index is 11.8. The molecule has 0 aromatic heterocycles. The molecule has 1 aromatic carbocycles. The number of quaternary nitrogens is 1. The molecule has 1 aliphatic rings. The molecule has 1 aromatic rings. The average molecular weight is 288 g/mol. The number of carbonyl (C=O) groups is 1. The number of fused-ring (bicyclic) bond motifs is 1. The summed E-state index contributed by atoms with van der Waals surface area (Å²) in [4.78, 5) is 11.8. The van der Waals surface area contributed by atoms with Crippen LogP contribution in [0.15, 0.2) is 34.9 Å². The third-order valence-electron chi connectivity index (χ3n) is 3.54. The number of rotatable bonds is 4. The summed E-state index contributed by atoms with van der Waals surface area (Å²) in [6, 6.07) is 7.52. The van der Waals surface area contributed by atoms with Gasteiger partial charge in [0.25, 0.3) is 5.91 Å². The monoisotopic (exact) mass is 288 g/mol. The van der Waals surface area contributed by atoms with Crippen molar-refractivity contribution in [3.05, 3.63) is 35.4 Å². The van der Waals surface area contributed by atoms with Gasteiger partial charge in [0.15, 0.2) is 6.04 Å². The number of hydrazone groups is 1. The molecule has 21 heavy (non-hydrogen) atoms. The van der Waals surface area contributed by atoms with Gasteiger partial charge in [0, 0.05) is 17.1 Å². The molecule has 0 fully saturated rings. The minimum Gasteiger partial charge on any atom is -0.485 e. The summed E-state index contributed by atoms with van der Waals surface area (Å²) in [5.74, 6) is 0.874. The number of hydrogen-bond donors (Lipinski definition) is 2. The molecule has 0 unspecified atom stereocenters. The molecular formula is C16H22N3O2+. The summed E-state index contributed by atoms with van der Waals surface area (Å²) in [7, 11) is 0. The lowest BCUT2D eigenvalue weighted by Crippen LogP contribution is -2.69. The standard InChI is InChI=1S/C16H21N3O2/c1-10(2)15(17)16(20)19-18-9-13-8-12-6-4-5-7-14(12)21-11(13)3/h4-11,15H,17H2,1-3H3,(H,19,20)/p+1/b18-9-/t11-,15-/m1/s1. The van der Waals surface area contributed by atoms with Gasteiger partial charge in [0.05, 0.1) is 6.21 Å². The van der Waals surface area contributed by atoms with E-state index < -0.39 is 0 Å². The summed E-state index contributed by atoms with van der Waals surface area (Å²) >= 11 is 0. The van der Waals surface area contributed by atoms with Crippen molar-refractivity contribution in [2.45, 2.75) is 32.9 Å². The molecule has 0 saturated carbocycles. The van der Waals surface area contributed by atoms with Gasteiger partial charge in [-0.2, -0.15) is 5.10 Å². The lowest BCUT2D eigenvalue weighted by Gasteiger charge is -2.22. The van der Waals surface area contributed by atoms with Gasteiger partial charge in [0.2, 0.25) is 0 Å². The van der Waals surface area contributed by atoms with Crippen molar-refractivity contribution in [1.82, 2.24) is 5.43 Å². The first-order valence-electron chi connectivity index (χ1n) is 7.12. The zero-order valence-electron chi connectivity index (χ0n) is 12.7. The third kappa shape index (κ3) is 3.70. The molecule has 0 saturated heterocycles. The van der Waals surface area contributed by atoms with Crippen molar-refractivity contribution in [3.63, 3.8) is 0 Å². The van der Waals surface area contributed by atoms with Crippen LogP contribution in [0.2, 0.25) is 0 Å². The fraction of sp³-hybridized carbons (Fsp3) is 0.375. The smallest absolute Gasteiger partial charge is 0.298 e. The number of nitrogens with one attached hydrogen (secondary N) is 1. The van der Waals surface area contributed by atoms with Gasteiger partial charge in [-0.15, -0.1) is 0 Å². The fourth-order valence-corrected chi connectivity index (χ4v) is 1.96. The Balaban J connectivity index is 2.04. The Morgan fingerprint density at radius 3 is 2.86 bits per heavy atom. The first kappa shape index (κ1) is 15.3. The molecule has 1 amide bonds. The summed E-state index contributed by atoms with van der Waals surface area (Å²) in [6.45, 7) is 5.86. The zero-order chi connectivity index (χ0) is 15.4. The highest BCUT2D eigenvalue weighted by molar-refractivity contribution is 5.90. The van der Waals surface area contributed by atoms with Gasteiger partial charge < -0.3 is 10.5 Å². The van der Waals surface area contributed by atoms with Crippen LogP contribution in [0.5, 0.6) is 5.75 Å². The molecule has 2 atom stereocenters. The van der Waals surface area contributed by atoms with Crippen LogP contribution in [0.25, 0.3) is 6.08 Å². The number of nitrogens with zero attached hydrogens (tertiary/aromatic N) is 1. The van der Waals surface area contributed by atoms with Crippen LogP contribution < -0.4 is 15.9 Å². The van der Waals surface area contributed by atoms with E-state index in [1.807, 2.05) is 51.1 Å². The molecular weight excluding hydrogens is 266 g/mol. The topological polar surface area (TPSA) is 78.3 Å². The van der Waals surface area contributed by atoms with E-state index >= 15 is 0 Å². The molecule has 1 heterocycles. The number of amides is 1. The summed E-state index contributed by atoms with van der Waals surface area (Å²) in [5.41, 5.74) is 8.28. The highest BCUT2D eigenvalue weighted by atomic mass is 16.5. The summed E-state index contributed by atoms with van der Waals surface area (Å²) < 4.78 is 5.80. The van der Waals surface area contributed by atoms with Crippen molar-refractivity contribution in [1.29, 1.82) is 0 Å². The zero-order valence-corrected chi connectivity index (χ0v) is 12.7. The van der Waals surface area contributed by atoms with Crippen LogP contribution >= 0.6 is 0 Å². The largest absolute Gasteiger partial charge is 0.485 e. The van der Waals surface area contributed by atoms with E-state index in [1.165, 1.54) is 0 Å². The number of benzene rings is 1. The maximum absolute atomic E-state index is 11.8. The Bertz CT molecular complexity index is 579. The first-order valence-corrected chi connectivity index (χ1v) is 7.12. The van der Waals surface area contributed by atoms with Crippen molar-refractivity contribution >= 4 is 18.2 Å². The summed E-state index contributed by atoms with van der Waals surface area (Å²) in [6.07, 6.45) is 3.55. The highest BCUT2D eigenvalue weighted by Crippen LogP contribution is 2.28. The average Bonchev–Trinajstić information content (AvgIpc) is 2.46. The number of carbonyl (C=O) groups excluding carboxylic acids is 1. The summed E-state index contributed by atoms with van der Waals surface area (Å²) in [5, 5.41) is 4.01. The van der Waals surface area contributed by atoms with Gasteiger partial charge in [-0.3, -0.25) is 4.79 Å². The molecule has 112 valence electrons. The SMILES string of the molecule is CC(C)[C@@H]([NH3+])C(=O)N/N=C\C1=Cc2ccccc2O[C@@H]1C. The molecule has 4 N–H and O–H groups in total. The second kappa shape index (κ2) is 6.54. The molecule has 0 bridgehead atoms. The van der Waals surface area contributed by atoms with Crippen molar-refractivity contribution in [3.8, 4) is 5.75 Å². The third-order valence-corrected chi connectivity index (χ3v) is 3.54. The lowest BCUT2D eigenvalue weighted by molar-refractivity contribution is -0.414. The molecule has 5 heteroatoms. The van der Waals surface area contributed by atoms with E-state index in [0.717, 1.165) is 16.9 Å². The molecule has 5 nitrogen and oxygen atoms in total. The van der Waals surface area contributed by atoms with E-state index in [4.69, 9.17) is 4.74 Å². The maximum Gasteiger partial charge on any atom is 0.298 e. The van der Waals surface area contributed by atoms with Crippen LogP contribution in [-0.2, 0) is 4.79 Å². The fourth-order valence-electron chi connectivity index (χ4n) is 1.96. The van der Waals surface area contributed by atoms with E-state index in [-0.39, 0.29) is 24.0 Å². The molecule has 2 rings (SSSR count). The van der Waals surface area contributed by atoms with Crippen LogP contribution in [0, 0.1) is 5.92 Å². The highest BCUT2D eigenvalue weighted by Gasteiger charge is 2.21. The minimum absolute atomic E-state index is 0.0961. The van der Waals surface area contributed by atoms with Crippen LogP contribution in [0.4, 0.5) is 0 Å². The van der Waals surface area contributed by atoms with E-state index in [0.29, 0.717) is 0 Å². The van der Waals surface area contributed by atoms with E-state index in [9.17, 15) is 4.79 Å². The number of ether oxygens (including phenoxy) is 1. The molecule has 0 radical (unpaired) electrons. The van der Waals surface area contributed by atoms with Gasteiger partial charge in [-0.1, -0.05) is 32.0 Å². The van der Waals surface area contributed by atoms with Gasteiger partial charge >= 0.3 is 0 Å². The predicted molar refractivity (Wildman–Crippen MR) is 82.7 cm³/mol. The van der Waals surface area contributed by atoms with Crippen LogP contribution in [-0.4, -0.2) is 24.3 Å². The van der Waals surface area contributed by atoms with Crippen molar-refractivity contribution < 1.29 is 15.3 Å². The molecule has 0 spiro atoms.